The Morgan fingerprint density at radius 2 is 0.962 bits per heavy atom. The van der Waals surface area contributed by atoms with Gasteiger partial charge in [-0.2, -0.15) is 0 Å². The highest BCUT2D eigenvalue weighted by atomic mass is 16.3. The van der Waals surface area contributed by atoms with E-state index in [-0.39, 0.29) is 0 Å². The monoisotopic (exact) mass is 675 g/mol. The molecule has 0 bridgehead atoms. The highest BCUT2D eigenvalue weighted by molar-refractivity contribution is 6.17. The van der Waals surface area contributed by atoms with Crippen LogP contribution in [0.15, 0.2) is 180 Å². The van der Waals surface area contributed by atoms with Crippen LogP contribution in [0.2, 0.25) is 0 Å². The van der Waals surface area contributed by atoms with Gasteiger partial charge in [-0.1, -0.05) is 109 Å². The number of fused-ring (bicyclic) bond motifs is 11. The summed E-state index contributed by atoms with van der Waals surface area (Å²) in [6, 6.07) is 63.2. The van der Waals surface area contributed by atoms with Crippen molar-refractivity contribution in [2.75, 3.05) is 0 Å². The quantitative estimate of drug-likeness (QED) is 0.187. The van der Waals surface area contributed by atoms with E-state index in [0.717, 1.165) is 49.7 Å². The summed E-state index contributed by atoms with van der Waals surface area (Å²) in [4.78, 5) is 5.12. The fraction of sp³-hybridized carbons (Fsp3) is 0. The van der Waals surface area contributed by atoms with E-state index in [1.54, 1.807) is 0 Å². The van der Waals surface area contributed by atoms with Gasteiger partial charge in [0.25, 0.3) is 0 Å². The van der Waals surface area contributed by atoms with Crippen LogP contribution in [0.5, 0.6) is 0 Å². The van der Waals surface area contributed by atoms with E-state index >= 15 is 0 Å². The molecular formula is C49H29N3O. The van der Waals surface area contributed by atoms with Crippen LogP contribution in [0.1, 0.15) is 0 Å². The zero-order valence-electron chi connectivity index (χ0n) is 28.5. The topological polar surface area (TPSA) is 35.9 Å². The van der Waals surface area contributed by atoms with Crippen LogP contribution in [0, 0.1) is 0 Å². The average Bonchev–Trinajstić information content (AvgIpc) is 3.87. The van der Waals surface area contributed by atoms with E-state index in [9.17, 15) is 0 Å². The van der Waals surface area contributed by atoms with E-state index in [0.29, 0.717) is 0 Å². The first-order chi connectivity index (χ1) is 26.3. The number of nitrogens with zero attached hydrogens (tertiary/aromatic N) is 3. The minimum Gasteiger partial charge on any atom is -0.452 e. The van der Waals surface area contributed by atoms with Crippen molar-refractivity contribution in [1.29, 1.82) is 0 Å². The molecule has 0 aliphatic carbocycles. The summed E-state index contributed by atoms with van der Waals surface area (Å²) in [6.45, 7) is 0. The number of benzene rings is 8. The fourth-order valence-electron chi connectivity index (χ4n) is 8.68. The molecule has 0 aliphatic heterocycles. The maximum absolute atomic E-state index is 6.65. The number of pyridine rings is 1. The Morgan fingerprint density at radius 1 is 0.396 bits per heavy atom. The van der Waals surface area contributed by atoms with Gasteiger partial charge in [0.05, 0.1) is 27.6 Å². The largest absolute Gasteiger partial charge is 0.452 e. The van der Waals surface area contributed by atoms with Crippen molar-refractivity contribution in [2.45, 2.75) is 0 Å². The first-order valence-electron chi connectivity index (χ1n) is 18.0. The van der Waals surface area contributed by atoms with Gasteiger partial charge in [-0.25, -0.2) is 4.98 Å². The van der Waals surface area contributed by atoms with Crippen LogP contribution in [0.4, 0.5) is 0 Å². The zero-order chi connectivity index (χ0) is 34.6. The first-order valence-corrected chi connectivity index (χ1v) is 18.0. The minimum atomic E-state index is 0.796. The summed E-state index contributed by atoms with van der Waals surface area (Å²) in [5.74, 6) is 0. The van der Waals surface area contributed by atoms with E-state index in [1.165, 1.54) is 60.2 Å². The molecule has 0 radical (unpaired) electrons. The van der Waals surface area contributed by atoms with Gasteiger partial charge in [-0.15, -0.1) is 0 Å². The van der Waals surface area contributed by atoms with Gasteiger partial charge in [-0.3, -0.25) is 0 Å². The molecule has 0 amide bonds. The molecule has 8 aromatic carbocycles. The molecule has 53 heavy (non-hydrogen) atoms. The summed E-state index contributed by atoms with van der Waals surface area (Å²) in [7, 11) is 0. The van der Waals surface area contributed by atoms with Gasteiger partial charge < -0.3 is 13.6 Å². The Bertz CT molecular complexity index is 3470. The standard InChI is InChI=1S/C49H29N3O/c1-2-12-31-27-34(24-21-30(31)11-1)51-42-18-8-4-13-35(42)39-28-32(22-25-44(39)51)33-23-26-45-40(29-33)36-14-5-9-19-43(36)52(45)48-37-15-3-7-17-41(37)50-47-38-16-6-10-20-46(38)53-49(47)48/h1-29H. The van der Waals surface area contributed by atoms with Crippen LogP contribution < -0.4 is 0 Å². The fourth-order valence-corrected chi connectivity index (χ4v) is 8.68. The summed E-state index contributed by atoms with van der Waals surface area (Å²) in [5.41, 5.74) is 12.7. The van der Waals surface area contributed by atoms with Gasteiger partial charge in [0.2, 0.25) is 0 Å². The molecule has 0 fully saturated rings. The second-order valence-electron chi connectivity index (χ2n) is 14.0. The number of rotatable bonds is 3. The van der Waals surface area contributed by atoms with Crippen LogP contribution in [-0.2, 0) is 0 Å². The van der Waals surface area contributed by atoms with Gasteiger partial charge in [0.1, 0.15) is 16.8 Å². The molecule has 0 saturated carbocycles. The van der Waals surface area contributed by atoms with E-state index in [1.807, 2.05) is 18.2 Å². The summed E-state index contributed by atoms with van der Waals surface area (Å²) >= 11 is 0. The van der Waals surface area contributed by atoms with Crippen LogP contribution in [0.25, 0.3) is 110 Å². The maximum atomic E-state index is 6.65. The Labute approximate surface area is 303 Å². The molecule has 0 unspecified atom stereocenters. The molecule has 4 heteroatoms. The molecular weight excluding hydrogens is 647 g/mol. The number of hydrogen-bond acceptors (Lipinski definition) is 2. The Kier molecular flexibility index (Phi) is 5.74. The third-order valence-electron chi connectivity index (χ3n) is 11.1. The highest BCUT2D eigenvalue weighted by Gasteiger charge is 2.22. The van der Waals surface area contributed by atoms with E-state index in [2.05, 4.69) is 167 Å². The lowest BCUT2D eigenvalue weighted by Gasteiger charge is -2.12. The Balaban J connectivity index is 1.09. The maximum Gasteiger partial charge on any atom is 0.178 e. The molecule has 0 N–H and O–H groups in total. The Morgan fingerprint density at radius 3 is 1.72 bits per heavy atom. The highest BCUT2D eigenvalue weighted by Crippen LogP contribution is 2.42. The van der Waals surface area contributed by atoms with Crippen LogP contribution in [-0.4, -0.2) is 14.1 Å². The first kappa shape index (κ1) is 28.5. The SMILES string of the molecule is c1ccc2cc(-n3c4ccccc4c4cc(-c5ccc6c(c5)c5ccccc5n6-c5c6ccccc6nc6c5oc5ccccc56)ccc43)ccc2c1. The lowest BCUT2D eigenvalue weighted by Crippen LogP contribution is -1.97. The van der Waals surface area contributed by atoms with Crippen molar-refractivity contribution >= 4 is 87.4 Å². The number of aromatic nitrogens is 3. The second-order valence-corrected chi connectivity index (χ2v) is 14.0. The molecule has 0 saturated heterocycles. The molecule has 246 valence electrons. The summed E-state index contributed by atoms with van der Waals surface area (Å²) in [5, 5.41) is 9.44. The van der Waals surface area contributed by atoms with E-state index in [4.69, 9.17) is 9.40 Å². The Hall–Kier alpha value is -7.17. The molecule has 12 rings (SSSR count). The van der Waals surface area contributed by atoms with Crippen molar-refractivity contribution in [3.63, 3.8) is 0 Å². The zero-order valence-corrected chi connectivity index (χ0v) is 28.5. The molecule has 4 nitrogen and oxygen atoms in total. The van der Waals surface area contributed by atoms with Crippen molar-refractivity contribution in [2.24, 2.45) is 0 Å². The summed E-state index contributed by atoms with van der Waals surface area (Å²) in [6.07, 6.45) is 0. The second kappa shape index (κ2) is 10.7. The van der Waals surface area contributed by atoms with Crippen molar-refractivity contribution in [1.82, 2.24) is 14.1 Å². The minimum absolute atomic E-state index is 0.796. The molecule has 4 heterocycles. The smallest absolute Gasteiger partial charge is 0.178 e. The molecule has 4 aromatic heterocycles. The predicted octanol–water partition coefficient (Wildman–Crippen LogP) is 13.1. The van der Waals surface area contributed by atoms with Crippen molar-refractivity contribution < 1.29 is 4.42 Å². The lowest BCUT2D eigenvalue weighted by atomic mass is 10.0. The summed E-state index contributed by atoms with van der Waals surface area (Å²) < 4.78 is 11.4. The third kappa shape index (κ3) is 4.03. The molecule has 0 aliphatic rings. The molecule has 12 aromatic rings. The predicted molar refractivity (Wildman–Crippen MR) is 221 cm³/mol. The van der Waals surface area contributed by atoms with Crippen molar-refractivity contribution in [3.05, 3.63) is 176 Å². The lowest BCUT2D eigenvalue weighted by molar-refractivity contribution is 0.666. The van der Waals surface area contributed by atoms with Gasteiger partial charge in [-0.05, 0) is 88.6 Å². The molecule has 0 atom stereocenters. The van der Waals surface area contributed by atoms with Gasteiger partial charge in [0.15, 0.2) is 5.58 Å². The number of hydrogen-bond donors (Lipinski definition) is 0. The van der Waals surface area contributed by atoms with Gasteiger partial charge >= 0.3 is 0 Å². The average molecular weight is 676 g/mol. The third-order valence-corrected chi connectivity index (χ3v) is 11.1. The molecule has 0 spiro atoms. The van der Waals surface area contributed by atoms with Crippen LogP contribution in [0.3, 0.4) is 0 Å². The normalized spacial score (nSPS) is 12.2. The van der Waals surface area contributed by atoms with Crippen molar-refractivity contribution in [3.8, 4) is 22.5 Å². The van der Waals surface area contributed by atoms with E-state index < -0.39 is 0 Å². The number of furan rings is 1. The van der Waals surface area contributed by atoms with Crippen LogP contribution >= 0.6 is 0 Å². The van der Waals surface area contributed by atoms with Gasteiger partial charge in [0, 0.05) is 38.0 Å². The number of para-hydroxylation sites is 4.